The summed E-state index contributed by atoms with van der Waals surface area (Å²) >= 11 is 1.67. The van der Waals surface area contributed by atoms with Crippen LogP contribution in [0.4, 0.5) is 0 Å². The molecule has 0 radical (unpaired) electrons. The molecule has 0 saturated carbocycles. The highest BCUT2D eigenvalue weighted by Gasteiger charge is 2.39. The van der Waals surface area contributed by atoms with E-state index in [4.69, 9.17) is 0 Å². The van der Waals surface area contributed by atoms with Crippen molar-refractivity contribution in [2.45, 2.75) is 52.0 Å². The third-order valence-corrected chi connectivity index (χ3v) is 5.18. The third-order valence-electron chi connectivity index (χ3n) is 4.34. The van der Waals surface area contributed by atoms with Gasteiger partial charge in [0.05, 0.1) is 5.54 Å². The average molecular weight is 265 g/mol. The van der Waals surface area contributed by atoms with E-state index >= 15 is 0 Å². The summed E-state index contributed by atoms with van der Waals surface area (Å²) in [6.07, 6.45) is 4.65. The Balaban J connectivity index is 2.26. The Morgan fingerprint density at radius 2 is 2.06 bits per heavy atom. The van der Waals surface area contributed by atoms with Crippen molar-refractivity contribution in [2.24, 2.45) is 0 Å². The minimum absolute atomic E-state index is 0.311. The van der Waals surface area contributed by atoms with Crippen LogP contribution in [0.3, 0.4) is 0 Å². The number of hydrogen-bond donors (Lipinski definition) is 0. The van der Waals surface area contributed by atoms with Gasteiger partial charge in [-0.25, -0.2) is 0 Å². The number of hydrogen-bond acceptors (Lipinski definition) is 3. The second kappa shape index (κ2) is 5.54. The number of aryl methyl sites for hydroxylation is 1. The average Bonchev–Trinajstić information content (AvgIpc) is 2.84. The SMILES string of the molecule is CCC(C)(C(=O)c1ccsc1C)N1CCCCC1. The molecular weight excluding hydrogens is 242 g/mol. The molecule has 1 aliphatic heterocycles. The summed E-state index contributed by atoms with van der Waals surface area (Å²) in [4.78, 5) is 16.4. The zero-order valence-corrected chi connectivity index (χ0v) is 12.5. The molecular formula is C15H23NOS. The summed E-state index contributed by atoms with van der Waals surface area (Å²) in [5, 5.41) is 2.02. The fourth-order valence-electron chi connectivity index (χ4n) is 2.83. The fraction of sp³-hybridized carbons (Fsp3) is 0.667. The first kappa shape index (κ1) is 13.8. The van der Waals surface area contributed by atoms with E-state index in [1.807, 2.05) is 18.4 Å². The lowest BCUT2D eigenvalue weighted by Crippen LogP contribution is -2.53. The van der Waals surface area contributed by atoms with Gasteiger partial charge in [-0.15, -0.1) is 11.3 Å². The van der Waals surface area contributed by atoms with E-state index in [-0.39, 0.29) is 5.54 Å². The van der Waals surface area contributed by atoms with E-state index in [9.17, 15) is 4.79 Å². The summed E-state index contributed by atoms with van der Waals surface area (Å²) in [5.41, 5.74) is 0.613. The van der Waals surface area contributed by atoms with E-state index < -0.39 is 0 Å². The molecule has 0 amide bonds. The van der Waals surface area contributed by atoms with Crippen LogP contribution in [-0.2, 0) is 0 Å². The Kier molecular flexibility index (Phi) is 4.23. The van der Waals surface area contributed by atoms with E-state index in [2.05, 4.69) is 18.7 Å². The highest BCUT2D eigenvalue weighted by atomic mass is 32.1. The van der Waals surface area contributed by atoms with Crippen molar-refractivity contribution < 1.29 is 4.79 Å². The van der Waals surface area contributed by atoms with Gasteiger partial charge in [0, 0.05) is 10.4 Å². The lowest BCUT2D eigenvalue weighted by atomic mass is 9.85. The quantitative estimate of drug-likeness (QED) is 0.770. The minimum atomic E-state index is -0.313. The molecule has 1 aliphatic rings. The maximum atomic E-state index is 12.8. The molecule has 2 heterocycles. The fourth-order valence-corrected chi connectivity index (χ4v) is 3.52. The minimum Gasteiger partial charge on any atom is -0.292 e. The molecule has 0 aromatic carbocycles. The van der Waals surface area contributed by atoms with Gasteiger partial charge in [-0.2, -0.15) is 0 Å². The van der Waals surface area contributed by atoms with Crippen molar-refractivity contribution in [2.75, 3.05) is 13.1 Å². The van der Waals surface area contributed by atoms with Crippen LogP contribution in [0.2, 0.25) is 0 Å². The number of piperidine rings is 1. The summed E-state index contributed by atoms with van der Waals surface area (Å²) in [6.45, 7) is 8.44. The van der Waals surface area contributed by atoms with E-state index in [0.29, 0.717) is 5.78 Å². The molecule has 1 saturated heterocycles. The van der Waals surface area contributed by atoms with Crippen LogP contribution >= 0.6 is 11.3 Å². The Morgan fingerprint density at radius 1 is 1.39 bits per heavy atom. The van der Waals surface area contributed by atoms with Gasteiger partial charge in [-0.3, -0.25) is 9.69 Å². The number of likely N-dealkylation sites (tertiary alicyclic amines) is 1. The van der Waals surface area contributed by atoms with Gasteiger partial charge in [0.2, 0.25) is 0 Å². The number of ketones is 1. The predicted molar refractivity (Wildman–Crippen MR) is 77.5 cm³/mol. The van der Waals surface area contributed by atoms with Crippen molar-refractivity contribution in [3.8, 4) is 0 Å². The molecule has 100 valence electrons. The van der Waals surface area contributed by atoms with Gasteiger partial charge in [0.15, 0.2) is 5.78 Å². The molecule has 0 aliphatic carbocycles. The maximum absolute atomic E-state index is 12.8. The maximum Gasteiger partial charge on any atom is 0.183 e. The molecule has 2 nitrogen and oxygen atoms in total. The lowest BCUT2D eigenvalue weighted by Gasteiger charge is -2.41. The molecule has 1 aromatic rings. The van der Waals surface area contributed by atoms with Crippen molar-refractivity contribution >= 4 is 17.1 Å². The number of thiophene rings is 1. The monoisotopic (exact) mass is 265 g/mol. The largest absolute Gasteiger partial charge is 0.292 e. The first-order chi connectivity index (χ1) is 8.59. The Hall–Kier alpha value is -0.670. The van der Waals surface area contributed by atoms with Gasteiger partial charge in [-0.1, -0.05) is 13.3 Å². The molecule has 2 rings (SSSR count). The van der Waals surface area contributed by atoms with Gasteiger partial charge in [0.1, 0.15) is 0 Å². The van der Waals surface area contributed by atoms with E-state index in [1.54, 1.807) is 11.3 Å². The second-order valence-electron chi connectivity index (χ2n) is 5.39. The highest BCUT2D eigenvalue weighted by molar-refractivity contribution is 7.10. The zero-order chi connectivity index (χ0) is 13.2. The molecule has 1 unspecified atom stereocenters. The van der Waals surface area contributed by atoms with Crippen molar-refractivity contribution in [3.63, 3.8) is 0 Å². The number of carbonyl (C=O) groups excluding carboxylic acids is 1. The number of rotatable bonds is 4. The normalized spacial score (nSPS) is 20.6. The molecule has 1 fully saturated rings. The summed E-state index contributed by atoms with van der Waals surface area (Å²) in [7, 11) is 0. The smallest absolute Gasteiger partial charge is 0.183 e. The molecule has 0 bridgehead atoms. The van der Waals surface area contributed by atoms with Crippen molar-refractivity contribution in [3.05, 3.63) is 21.9 Å². The lowest BCUT2D eigenvalue weighted by molar-refractivity contribution is 0.0505. The van der Waals surface area contributed by atoms with Crippen LogP contribution in [-0.4, -0.2) is 29.3 Å². The van der Waals surface area contributed by atoms with Crippen LogP contribution in [0.25, 0.3) is 0 Å². The molecule has 18 heavy (non-hydrogen) atoms. The molecule has 3 heteroatoms. The summed E-state index contributed by atoms with van der Waals surface area (Å²) in [5.74, 6) is 0.311. The predicted octanol–water partition coefficient (Wildman–Crippen LogP) is 3.89. The van der Waals surface area contributed by atoms with Crippen LogP contribution < -0.4 is 0 Å². The summed E-state index contributed by atoms with van der Waals surface area (Å²) in [6, 6.07) is 1.99. The molecule has 1 atom stereocenters. The number of carbonyl (C=O) groups is 1. The zero-order valence-electron chi connectivity index (χ0n) is 11.7. The third kappa shape index (κ3) is 2.39. The Bertz CT molecular complexity index is 420. The van der Waals surface area contributed by atoms with Gasteiger partial charge < -0.3 is 0 Å². The Morgan fingerprint density at radius 3 is 2.56 bits per heavy atom. The van der Waals surface area contributed by atoms with Crippen LogP contribution in [0, 0.1) is 6.92 Å². The molecule has 0 N–H and O–H groups in total. The van der Waals surface area contributed by atoms with E-state index in [0.717, 1.165) is 30.0 Å². The first-order valence-corrected chi connectivity index (χ1v) is 7.81. The van der Waals surface area contributed by atoms with E-state index in [1.165, 1.54) is 19.3 Å². The second-order valence-corrected chi connectivity index (χ2v) is 6.51. The van der Waals surface area contributed by atoms with Gasteiger partial charge >= 0.3 is 0 Å². The molecule has 1 aromatic heterocycles. The topological polar surface area (TPSA) is 20.3 Å². The first-order valence-electron chi connectivity index (χ1n) is 6.93. The number of Topliss-reactive ketones (excluding diaryl/α,β-unsaturated/α-hetero) is 1. The summed E-state index contributed by atoms with van der Waals surface area (Å²) < 4.78 is 0. The van der Waals surface area contributed by atoms with Gasteiger partial charge in [-0.05, 0) is 57.6 Å². The van der Waals surface area contributed by atoms with Crippen molar-refractivity contribution in [1.82, 2.24) is 4.90 Å². The highest BCUT2D eigenvalue weighted by Crippen LogP contribution is 2.30. The number of nitrogens with zero attached hydrogens (tertiary/aromatic N) is 1. The van der Waals surface area contributed by atoms with Crippen LogP contribution in [0.15, 0.2) is 11.4 Å². The van der Waals surface area contributed by atoms with Crippen molar-refractivity contribution in [1.29, 1.82) is 0 Å². The van der Waals surface area contributed by atoms with Gasteiger partial charge in [0.25, 0.3) is 0 Å². The van der Waals surface area contributed by atoms with Crippen LogP contribution in [0.5, 0.6) is 0 Å². The standard InChI is InChI=1S/C15H23NOS/c1-4-15(3,16-9-6-5-7-10-16)14(17)13-8-11-18-12(13)2/h8,11H,4-7,9-10H2,1-3H3. The molecule has 0 spiro atoms. The Labute approximate surface area is 114 Å². The van der Waals surface area contributed by atoms with Crippen LogP contribution in [0.1, 0.15) is 54.8 Å².